The quantitative estimate of drug-likeness (QED) is 0.295. The Morgan fingerprint density at radius 2 is 1.27 bits per heavy atom. The molecule has 3 aromatic carbocycles. The highest BCUT2D eigenvalue weighted by Gasteiger charge is 2.18. The highest BCUT2D eigenvalue weighted by Crippen LogP contribution is 2.37. The number of aliphatic carboxylic acids is 2. The zero-order chi connectivity index (χ0) is 25.8. The van der Waals surface area contributed by atoms with Crippen LogP contribution in [-0.2, 0) is 9.59 Å². The lowest BCUT2D eigenvalue weighted by Gasteiger charge is -2.18. The topological polar surface area (TPSA) is 122 Å². The molecular formula is C29H22N2O6. The Morgan fingerprint density at radius 1 is 0.730 bits per heavy atom. The molecule has 2 heterocycles. The molecule has 0 aliphatic carbocycles. The zero-order valence-corrected chi connectivity index (χ0v) is 19.5. The summed E-state index contributed by atoms with van der Waals surface area (Å²) >= 11 is 0. The first-order valence-corrected chi connectivity index (χ1v) is 11.5. The van der Waals surface area contributed by atoms with Crippen LogP contribution in [0.5, 0.6) is 11.5 Å². The van der Waals surface area contributed by atoms with Gasteiger partial charge in [0, 0.05) is 28.8 Å². The maximum Gasteiger partial charge on any atom is 0.328 e. The van der Waals surface area contributed by atoms with E-state index in [-0.39, 0.29) is 0 Å². The minimum absolute atomic E-state index is 0.483. The summed E-state index contributed by atoms with van der Waals surface area (Å²) in [6.07, 6.45) is 5.25. The van der Waals surface area contributed by atoms with Gasteiger partial charge in [-0.1, -0.05) is 48.5 Å². The first-order valence-electron chi connectivity index (χ1n) is 11.5. The van der Waals surface area contributed by atoms with E-state index < -0.39 is 11.9 Å². The molecule has 8 heteroatoms. The van der Waals surface area contributed by atoms with Crippen LogP contribution in [0.3, 0.4) is 0 Å². The Labute approximate surface area is 212 Å². The van der Waals surface area contributed by atoms with Gasteiger partial charge in [-0.2, -0.15) is 0 Å². The van der Waals surface area contributed by atoms with Gasteiger partial charge in [-0.3, -0.25) is 0 Å². The molecule has 1 aliphatic rings. The fraction of sp³-hybridized carbons (Fsp3) is 0.0690. The Hall–Kier alpha value is -5.11. The van der Waals surface area contributed by atoms with Gasteiger partial charge in [-0.05, 0) is 41.5 Å². The molecule has 0 fully saturated rings. The van der Waals surface area contributed by atoms with Gasteiger partial charge in [0.05, 0.1) is 11.4 Å². The van der Waals surface area contributed by atoms with E-state index in [1.165, 1.54) is 12.2 Å². The molecule has 37 heavy (non-hydrogen) atoms. The number of aromatic amines is 1. The van der Waals surface area contributed by atoms with Crippen LogP contribution >= 0.6 is 0 Å². The number of nitrogens with one attached hydrogen (secondary N) is 1. The van der Waals surface area contributed by atoms with Crippen molar-refractivity contribution < 1.29 is 29.3 Å². The van der Waals surface area contributed by atoms with Crippen LogP contribution in [0.15, 0.2) is 78.9 Å². The molecule has 0 amide bonds. The van der Waals surface area contributed by atoms with E-state index in [1.807, 2.05) is 66.7 Å². The molecule has 0 bridgehead atoms. The summed E-state index contributed by atoms with van der Waals surface area (Å²) in [5.41, 5.74) is 5.56. The molecule has 0 spiro atoms. The number of nitrogens with zero attached hydrogens (tertiary/aromatic N) is 1. The summed E-state index contributed by atoms with van der Waals surface area (Å²) in [7, 11) is 0. The second-order valence-electron chi connectivity index (χ2n) is 8.25. The number of imidazole rings is 1. The van der Waals surface area contributed by atoms with E-state index in [0.717, 1.165) is 45.7 Å². The number of rotatable bonds is 7. The molecule has 5 rings (SSSR count). The van der Waals surface area contributed by atoms with Crippen LogP contribution in [0.2, 0.25) is 0 Å². The Morgan fingerprint density at radius 3 is 1.86 bits per heavy atom. The Balaban J connectivity index is 1.56. The molecule has 0 unspecified atom stereocenters. The van der Waals surface area contributed by atoms with Gasteiger partial charge in [0.2, 0.25) is 0 Å². The van der Waals surface area contributed by atoms with Crippen molar-refractivity contribution in [3.8, 4) is 45.4 Å². The number of carbonyl (C=O) groups is 2. The van der Waals surface area contributed by atoms with Gasteiger partial charge < -0.3 is 24.7 Å². The minimum atomic E-state index is -1.01. The first kappa shape index (κ1) is 23.6. The Kier molecular flexibility index (Phi) is 6.54. The monoisotopic (exact) mass is 494 g/mol. The van der Waals surface area contributed by atoms with Crippen LogP contribution in [-0.4, -0.2) is 45.3 Å². The van der Waals surface area contributed by atoms with E-state index in [2.05, 4.69) is 4.98 Å². The molecule has 0 saturated heterocycles. The molecule has 8 nitrogen and oxygen atoms in total. The normalized spacial score (nSPS) is 12.8. The molecular weight excluding hydrogens is 472 g/mol. The zero-order valence-electron chi connectivity index (χ0n) is 19.5. The third kappa shape index (κ3) is 5.43. The summed E-state index contributed by atoms with van der Waals surface area (Å²) in [6.45, 7) is 0.993. The number of fused-ring (bicyclic) bond motifs is 1. The van der Waals surface area contributed by atoms with Crippen LogP contribution in [0.25, 0.3) is 46.1 Å². The van der Waals surface area contributed by atoms with Crippen molar-refractivity contribution in [2.24, 2.45) is 0 Å². The largest absolute Gasteiger partial charge is 0.486 e. The number of H-pyrrole nitrogens is 1. The fourth-order valence-electron chi connectivity index (χ4n) is 3.97. The number of hydrogen-bond donors (Lipinski definition) is 3. The maximum absolute atomic E-state index is 10.8. The SMILES string of the molecule is O=C(O)C=Cc1ccc(-c2nc(-c3ccc4c(c3)OCCO4)[nH]c2-c2ccc(C=CC(=O)O)cc2)cc1. The van der Waals surface area contributed by atoms with E-state index in [1.54, 1.807) is 0 Å². The molecule has 184 valence electrons. The number of benzene rings is 3. The van der Waals surface area contributed by atoms with Gasteiger partial charge in [-0.15, -0.1) is 0 Å². The van der Waals surface area contributed by atoms with Crippen molar-refractivity contribution in [2.75, 3.05) is 13.2 Å². The summed E-state index contributed by atoms with van der Waals surface area (Å²) < 4.78 is 11.4. The van der Waals surface area contributed by atoms with Crippen LogP contribution in [0, 0.1) is 0 Å². The van der Waals surface area contributed by atoms with Crippen molar-refractivity contribution in [2.45, 2.75) is 0 Å². The lowest BCUT2D eigenvalue weighted by atomic mass is 10.0. The maximum atomic E-state index is 10.8. The Bertz CT molecular complexity index is 1430. The summed E-state index contributed by atoms with van der Waals surface area (Å²) in [4.78, 5) is 30.0. The van der Waals surface area contributed by atoms with Crippen molar-refractivity contribution in [3.05, 3.63) is 90.0 Å². The number of ether oxygens (including phenoxy) is 2. The average Bonchev–Trinajstić information content (AvgIpc) is 3.36. The highest BCUT2D eigenvalue weighted by atomic mass is 16.6. The van der Waals surface area contributed by atoms with Crippen LogP contribution < -0.4 is 9.47 Å². The van der Waals surface area contributed by atoms with Crippen molar-refractivity contribution in [1.29, 1.82) is 0 Å². The molecule has 0 saturated carbocycles. The summed E-state index contributed by atoms with van der Waals surface area (Å²) in [5.74, 6) is -0.0221. The number of hydrogen-bond acceptors (Lipinski definition) is 5. The molecule has 0 atom stereocenters. The number of carboxylic acid groups (broad SMARTS) is 2. The predicted molar refractivity (Wildman–Crippen MR) is 139 cm³/mol. The standard InChI is InChI=1S/C29H22N2O6/c32-25(33)13-5-18-1-7-20(8-2-18)27-28(21-9-3-19(4-10-21)6-14-26(34)35)31-29(30-27)22-11-12-23-24(17-22)37-16-15-36-23/h1-14,17H,15-16H2,(H,30,31)(H,32,33)(H,34,35). The molecule has 1 aromatic heterocycles. The molecule has 3 N–H and O–H groups in total. The van der Waals surface area contributed by atoms with E-state index in [4.69, 9.17) is 24.7 Å². The minimum Gasteiger partial charge on any atom is -0.486 e. The van der Waals surface area contributed by atoms with E-state index >= 15 is 0 Å². The third-order valence-corrected chi connectivity index (χ3v) is 5.74. The van der Waals surface area contributed by atoms with Crippen molar-refractivity contribution in [3.63, 3.8) is 0 Å². The second kappa shape index (κ2) is 10.2. The molecule has 4 aromatic rings. The molecule has 1 aliphatic heterocycles. The van der Waals surface area contributed by atoms with Gasteiger partial charge in [0.25, 0.3) is 0 Å². The van der Waals surface area contributed by atoms with Gasteiger partial charge >= 0.3 is 11.9 Å². The van der Waals surface area contributed by atoms with E-state index in [9.17, 15) is 9.59 Å². The lowest BCUT2D eigenvalue weighted by Crippen LogP contribution is -2.15. The average molecular weight is 495 g/mol. The smallest absolute Gasteiger partial charge is 0.328 e. The number of carboxylic acids is 2. The highest BCUT2D eigenvalue weighted by molar-refractivity contribution is 5.87. The van der Waals surface area contributed by atoms with Crippen molar-refractivity contribution >= 4 is 24.1 Å². The first-order chi connectivity index (χ1) is 18.0. The molecule has 0 radical (unpaired) electrons. The predicted octanol–water partition coefficient (Wildman–Crippen LogP) is 5.38. The van der Waals surface area contributed by atoms with Crippen LogP contribution in [0.4, 0.5) is 0 Å². The van der Waals surface area contributed by atoms with E-state index in [0.29, 0.717) is 36.2 Å². The van der Waals surface area contributed by atoms with Crippen molar-refractivity contribution in [1.82, 2.24) is 9.97 Å². The second-order valence-corrected chi connectivity index (χ2v) is 8.25. The summed E-state index contributed by atoms with van der Waals surface area (Å²) in [5, 5.41) is 17.8. The van der Waals surface area contributed by atoms with Gasteiger partial charge in [0.1, 0.15) is 19.0 Å². The van der Waals surface area contributed by atoms with Crippen LogP contribution in [0.1, 0.15) is 11.1 Å². The lowest BCUT2D eigenvalue weighted by molar-refractivity contribution is -0.132. The number of aromatic nitrogens is 2. The fourth-order valence-corrected chi connectivity index (χ4v) is 3.97. The summed E-state index contributed by atoms with van der Waals surface area (Å²) in [6, 6.07) is 20.6. The third-order valence-electron chi connectivity index (χ3n) is 5.74. The van der Waals surface area contributed by atoms with Gasteiger partial charge in [-0.25, -0.2) is 14.6 Å². The van der Waals surface area contributed by atoms with Gasteiger partial charge in [0.15, 0.2) is 11.5 Å².